The van der Waals surface area contributed by atoms with Gasteiger partial charge in [-0.3, -0.25) is 14.7 Å². The van der Waals surface area contributed by atoms with Crippen molar-refractivity contribution < 1.29 is 4.79 Å². The maximum atomic E-state index is 12.4. The van der Waals surface area contributed by atoms with E-state index in [1.807, 2.05) is 17.0 Å². The Morgan fingerprint density at radius 2 is 1.86 bits per heavy atom. The number of benzene rings is 2. The molecule has 2 heterocycles. The molecular formula is C18H16N2O. The number of carbonyl (C=O) groups excluding carboxylic acids is 1. The summed E-state index contributed by atoms with van der Waals surface area (Å²) in [4.78, 5) is 19.1. The fourth-order valence-corrected chi connectivity index (χ4v) is 3.06. The van der Waals surface area contributed by atoms with Crippen LogP contribution < -0.4 is 0 Å². The van der Waals surface area contributed by atoms with Crippen LogP contribution in [-0.4, -0.2) is 16.6 Å². The van der Waals surface area contributed by atoms with Crippen molar-refractivity contribution >= 4 is 11.7 Å². The molecule has 4 rings (SSSR count). The molecule has 1 amide bonds. The molecule has 0 saturated carbocycles. The zero-order chi connectivity index (χ0) is 14.4. The van der Waals surface area contributed by atoms with Crippen LogP contribution in [-0.2, 0) is 11.3 Å². The zero-order valence-corrected chi connectivity index (χ0v) is 11.9. The normalized spacial score (nSPS) is 20.0. The molecule has 0 aliphatic carbocycles. The summed E-state index contributed by atoms with van der Waals surface area (Å²) in [5.41, 5.74) is 4.63. The molecule has 2 aliphatic heterocycles. The Morgan fingerprint density at radius 1 is 1.10 bits per heavy atom. The second-order valence-corrected chi connectivity index (χ2v) is 5.72. The molecule has 0 saturated heterocycles. The number of nitrogens with zero attached hydrogens (tertiary/aromatic N) is 2. The summed E-state index contributed by atoms with van der Waals surface area (Å²) in [7, 11) is 0. The van der Waals surface area contributed by atoms with Crippen molar-refractivity contribution in [2.45, 2.75) is 25.9 Å². The van der Waals surface area contributed by atoms with Crippen molar-refractivity contribution in [2.75, 3.05) is 0 Å². The topological polar surface area (TPSA) is 32.7 Å². The predicted molar refractivity (Wildman–Crippen MR) is 82.1 cm³/mol. The highest BCUT2D eigenvalue weighted by Crippen LogP contribution is 2.33. The Morgan fingerprint density at radius 3 is 2.67 bits per heavy atom. The fraction of sp³-hybridized carbons (Fsp3) is 0.222. The quantitative estimate of drug-likeness (QED) is 0.787. The van der Waals surface area contributed by atoms with Gasteiger partial charge in [0, 0.05) is 5.56 Å². The molecule has 0 fully saturated rings. The van der Waals surface area contributed by atoms with Crippen molar-refractivity contribution in [1.29, 1.82) is 0 Å². The van der Waals surface area contributed by atoms with Gasteiger partial charge in [0.15, 0.2) is 0 Å². The first-order valence-electron chi connectivity index (χ1n) is 7.25. The minimum Gasteiger partial charge on any atom is -0.292 e. The van der Waals surface area contributed by atoms with Gasteiger partial charge < -0.3 is 0 Å². The molecule has 0 bridgehead atoms. The van der Waals surface area contributed by atoms with E-state index in [1.54, 1.807) is 0 Å². The largest absolute Gasteiger partial charge is 0.292 e. The minimum atomic E-state index is -0.0597. The molecule has 3 heteroatoms. The molecule has 2 aromatic rings. The number of amidine groups is 1. The highest BCUT2D eigenvalue weighted by Gasteiger charge is 2.35. The van der Waals surface area contributed by atoms with Gasteiger partial charge in [-0.1, -0.05) is 54.1 Å². The number of rotatable bonds is 1. The molecule has 21 heavy (non-hydrogen) atoms. The van der Waals surface area contributed by atoms with E-state index < -0.39 is 0 Å². The number of amides is 1. The fourth-order valence-electron chi connectivity index (χ4n) is 3.06. The number of fused-ring (bicyclic) bond motifs is 3. The third-order valence-electron chi connectivity index (χ3n) is 4.25. The van der Waals surface area contributed by atoms with Gasteiger partial charge in [0.1, 0.15) is 5.84 Å². The molecule has 1 unspecified atom stereocenters. The molecule has 2 aromatic carbocycles. The van der Waals surface area contributed by atoms with Crippen molar-refractivity contribution in [2.24, 2.45) is 4.99 Å². The van der Waals surface area contributed by atoms with E-state index in [2.05, 4.69) is 43.3 Å². The molecule has 0 N–H and O–H groups in total. The van der Waals surface area contributed by atoms with Crippen LogP contribution in [0.4, 0.5) is 0 Å². The van der Waals surface area contributed by atoms with Crippen LogP contribution in [0.1, 0.15) is 34.7 Å². The van der Waals surface area contributed by atoms with E-state index in [0.29, 0.717) is 13.0 Å². The summed E-state index contributed by atoms with van der Waals surface area (Å²) in [6.07, 6.45) is 0.459. The van der Waals surface area contributed by atoms with Gasteiger partial charge in [-0.05, 0) is 18.1 Å². The molecule has 0 radical (unpaired) electrons. The Kier molecular flexibility index (Phi) is 2.67. The van der Waals surface area contributed by atoms with Crippen LogP contribution in [0.15, 0.2) is 53.5 Å². The van der Waals surface area contributed by atoms with Gasteiger partial charge >= 0.3 is 0 Å². The highest BCUT2D eigenvalue weighted by atomic mass is 16.2. The lowest BCUT2D eigenvalue weighted by Crippen LogP contribution is -2.36. The molecule has 1 atom stereocenters. The highest BCUT2D eigenvalue weighted by molar-refractivity contribution is 6.12. The third-order valence-corrected chi connectivity index (χ3v) is 4.25. The van der Waals surface area contributed by atoms with E-state index in [1.165, 1.54) is 11.1 Å². The number of carbonyl (C=O) groups is 1. The van der Waals surface area contributed by atoms with E-state index in [4.69, 9.17) is 4.99 Å². The number of aliphatic imine (C=N–C) groups is 1. The average molecular weight is 276 g/mol. The average Bonchev–Trinajstić information content (AvgIpc) is 2.87. The molecule has 2 aliphatic rings. The molecule has 3 nitrogen and oxygen atoms in total. The Hall–Kier alpha value is -2.42. The van der Waals surface area contributed by atoms with E-state index in [-0.39, 0.29) is 11.9 Å². The lowest BCUT2D eigenvalue weighted by Gasteiger charge is -2.26. The second kappa shape index (κ2) is 4.55. The van der Waals surface area contributed by atoms with Gasteiger partial charge in [-0.25, -0.2) is 0 Å². The maximum Gasteiger partial charge on any atom is 0.230 e. The summed E-state index contributed by atoms with van der Waals surface area (Å²) in [6.45, 7) is 2.73. The summed E-state index contributed by atoms with van der Waals surface area (Å²) < 4.78 is 0. The third kappa shape index (κ3) is 1.97. The van der Waals surface area contributed by atoms with E-state index in [0.717, 1.165) is 17.0 Å². The predicted octanol–water partition coefficient (Wildman–Crippen LogP) is 3.23. The zero-order valence-electron chi connectivity index (χ0n) is 11.9. The Bertz CT molecular complexity index is 746. The molecule has 0 aromatic heterocycles. The van der Waals surface area contributed by atoms with Crippen molar-refractivity contribution in [1.82, 2.24) is 4.90 Å². The van der Waals surface area contributed by atoms with Crippen LogP contribution >= 0.6 is 0 Å². The second-order valence-electron chi connectivity index (χ2n) is 5.72. The standard InChI is InChI=1S/C18H16N2O/c1-12-6-8-13(9-7-12)16-10-17(21)20-11-14-4-2-3-5-15(14)18(20)19-16/h2-9,16H,10-11H2,1H3. The first-order chi connectivity index (χ1) is 10.2. The van der Waals surface area contributed by atoms with Crippen molar-refractivity contribution in [3.8, 4) is 0 Å². The van der Waals surface area contributed by atoms with Gasteiger partial charge in [0.25, 0.3) is 0 Å². The summed E-state index contributed by atoms with van der Waals surface area (Å²) in [5.74, 6) is 1.01. The van der Waals surface area contributed by atoms with Gasteiger partial charge in [0.2, 0.25) is 5.91 Å². The smallest absolute Gasteiger partial charge is 0.230 e. The monoisotopic (exact) mass is 276 g/mol. The lowest BCUT2D eigenvalue weighted by atomic mass is 10.0. The summed E-state index contributed by atoms with van der Waals surface area (Å²) in [5, 5.41) is 0. The van der Waals surface area contributed by atoms with E-state index in [9.17, 15) is 4.79 Å². The first-order valence-corrected chi connectivity index (χ1v) is 7.25. The maximum absolute atomic E-state index is 12.4. The Balaban J connectivity index is 1.78. The summed E-state index contributed by atoms with van der Waals surface area (Å²) in [6, 6.07) is 16.4. The van der Waals surface area contributed by atoms with Crippen LogP contribution in [0, 0.1) is 6.92 Å². The van der Waals surface area contributed by atoms with Crippen molar-refractivity contribution in [3.63, 3.8) is 0 Å². The van der Waals surface area contributed by atoms with Crippen LogP contribution in [0.3, 0.4) is 0 Å². The van der Waals surface area contributed by atoms with Crippen LogP contribution in [0.2, 0.25) is 0 Å². The Labute approximate surface area is 123 Å². The number of hydrogen-bond donors (Lipinski definition) is 0. The lowest BCUT2D eigenvalue weighted by molar-refractivity contribution is -0.128. The van der Waals surface area contributed by atoms with Crippen LogP contribution in [0.25, 0.3) is 0 Å². The van der Waals surface area contributed by atoms with Gasteiger partial charge in [-0.2, -0.15) is 0 Å². The first kappa shape index (κ1) is 12.3. The number of hydrogen-bond acceptors (Lipinski definition) is 2. The van der Waals surface area contributed by atoms with Gasteiger partial charge in [0.05, 0.1) is 19.0 Å². The summed E-state index contributed by atoms with van der Waals surface area (Å²) >= 11 is 0. The SMILES string of the molecule is Cc1ccc(C2CC(=O)N3Cc4ccccc4C3=N2)cc1. The van der Waals surface area contributed by atoms with Crippen LogP contribution in [0.5, 0.6) is 0 Å². The minimum absolute atomic E-state index is 0.0597. The van der Waals surface area contributed by atoms with Gasteiger partial charge in [-0.15, -0.1) is 0 Å². The molecule has 104 valence electrons. The molecular weight excluding hydrogens is 260 g/mol. The molecule has 0 spiro atoms. The van der Waals surface area contributed by atoms with E-state index >= 15 is 0 Å². The number of aryl methyl sites for hydroxylation is 1. The van der Waals surface area contributed by atoms with Crippen molar-refractivity contribution in [3.05, 3.63) is 70.8 Å².